The van der Waals surface area contributed by atoms with E-state index in [4.69, 9.17) is 4.74 Å². The van der Waals surface area contributed by atoms with Crippen LogP contribution in [0.3, 0.4) is 0 Å². The molecule has 1 aromatic heterocycles. The number of nitrogens with one attached hydrogen (secondary N) is 1. The number of benzene rings is 1. The van der Waals surface area contributed by atoms with Crippen LogP contribution in [0.15, 0.2) is 30.3 Å². The molecule has 144 valence electrons. The van der Waals surface area contributed by atoms with E-state index in [0.717, 1.165) is 43.9 Å². The number of ether oxygens (including phenoxy) is 1. The van der Waals surface area contributed by atoms with Gasteiger partial charge in [-0.2, -0.15) is 0 Å². The quantitative estimate of drug-likeness (QED) is 0.838. The van der Waals surface area contributed by atoms with Crippen molar-refractivity contribution in [2.75, 3.05) is 52.2 Å². The topological polar surface area (TPSA) is 70.6 Å². The molecule has 0 saturated carbocycles. The molecule has 1 aliphatic heterocycles. The van der Waals surface area contributed by atoms with Gasteiger partial charge in [-0.25, -0.2) is 9.97 Å². The van der Waals surface area contributed by atoms with Gasteiger partial charge in [0.15, 0.2) is 0 Å². The number of anilines is 1. The van der Waals surface area contributed by atoms with Gasteiger partial charge in [0.05, 0.1) is 7.11 Å². The Balaban J connectivity index is 1.64. The zero-order chi connectivity index (χ0) is 19.2. The van der Waals surface area contributed by atoms with E-state index >= 15 is 0 Å². The van der Waals surface area contributed by atoms with Gasteiger partial charge in [0, 0.05) is 38.8 Å². The summed E-state index contributed by atoms with van der Waals surface area (Å²) in [5.74, 6) is 2.12. The number of nitrogens with zero attached hydrogens (tertiary/aromatic N) is 4. The summed E-state index contributed by atoms with van der Waals surface area (Å²) in [7, 11) is 3.75. The number of carbonyl (C=O) groups is 1. The molecule has 1 N–H and O–H groups in total. The van der Waals surface area contributed by atoms with Crippen molar-refractivity contribution in [1.29, 1.82) is 0 Å². The molecule has 0 aliphatic carbocycles. The van der Waals surface area contributed by atoms with Crippen molar-refractivity contribution in [3.63, 3.8) is 0 Å². The van der Waals surface area contributed by atoms with Gasteiger partial charge in [0.1, 0.15) is 23.1 Å². The van der Waals surface area contributed by atoms with Crippen LogP contribution in [0.5, 0.6) is 5.75 Å². The van der Waals surface area contributed by atoms with Crippen molar-refractivity contribution in [2.24, 2.45) is 0 Å². The van der Waals surface area contributed by atoms with Crippen molar-refractivity contribution in [3.05, 3.63) is 47.4 Å². The van der Waals surface area contributed by atoms with Crippen LogP contribution in [0, 0.1) is 6.92 Å². The first-order chi connectivity index (χ1) is 13.1. The molecule has 2 aromatic rings. The maximum atomic E-state index is 12.8. The molecule has 0 atom stereocenters. The highest BCUT2D eigenvalue weighted by Crippen LogP contribution is 2.18. The molecule has 0 spiro atoms. The summed E-state index contributed by atoms with van der Waals surface area (Å²) in [6.45, 7) is 5.74. The second kappa shape index (κ2) is 8.81. The number of rotatable bonds is 6. The number of para-hydroxylation sites is 1. The highest BCUT2D eigenvalue weighted by atomic mass is 16.5. The van der Waals surface area contributed by atoms with Crippen LogP contribution in [-0.2, 0) is 6.42 Å². The van der Waals surface area contributed by atoms with Crippen LogP contribution < -0.4 is 10.1 Å². The largest absolute Gasteiger partial charge is 0.496 e. The lowest BCUT2D eigenvalue weighted by Crippen LogP contribution is -2.47. The monoisotopic (exact) mass is 369 g/mol. The Morgan fingerprint density at radius 2 is 1.93 bits per heavy atom. The van der Waals surface area contributed by atoms with Crippen molar-refractivity contribution in [3.8, 4) is 5.75 Å². The summed E-state index contributed by atoms with van der Waals surface area (Å²) in [6, 6.07) is 9.71. The van der Waals surface area contributed by atoms with E-state index in [1.165, 1.54) is 0 Å². The Bertz CT molecular complexity index is 788. The summed E-state index contributed by atoms with van der Waals surface area (Å²) in [5.41, 5.74) is 1.58. The van der Waals surface area contributed by atoms with Gasteiger partial charge in [0.2, 0.25) is 0 Å². The zero-order valence-electron chi connectivity index (χ0n) is 16.2. The Kier molecular flexibility index (Phi) is 6.24. The number of carbonyl (C=O) groups excluding carboxylic acids is 1. The van der Waals surface area contributed by atoms with E-state index in [9.17, 15) is 4.79 Å². The molecule has 27 heavy (non-hydrogen) atoms. The second-order valence-corrected chi connectivity index (χ2v) is 6.77. The minimum Gasteiger partial charge on any atom is -0.496 e. The Morgan fingerprint density at radius 1 is 1.19 bits per heavy atom. The fourth-order valence-electron chi connectivity index (χ4n) is 3.17. The number of hydrogen-bond acceptors (Lipinski definition) is 6. The van der Waals surface area contributed by atoms with Crippen molar-refractivity contribution >= 4 is 11.7 Å². The van der Waals surface area contributed by atoms with Gasteiger partial charge in [-0.1, -0.05) is 18.2 Å². The SMILES string of the molecule is COc1ccccc1CCNc1cc(C(=O)N2CCN(C)CC2)nc(C)n1. The normalized spacial score (nSPS) is 14.9. The molecule has 1 aromatic carbocycles. The van der Waals surface area contributed by atoms with Gasteiger partial charge in [0.25, 0.3) is 5.91 Å². The molecule has 1 fully saturated rings. The van der Waals surface area contributed by atoms with Crippen molar-refractivity contribution < 1.29 is 9.53 Å². The molecule has 1 saturated heterocycles. The Labute approximate surface area is 160 Å². The third kappa shape index (κ3) is 4.95. The number of amides is 1. The van der Waals surface area contributed by atoms with Gasteiger partial charge in [-0.15, -0.1) is 0 Å². The number of aromatic nitrogens is 2. The van der Waals surface area contributed by atoms with Crippen molar-refractivity contribution in [1.82, 2.24) is 19.8 Å². The predicted octanol–water partition coefficient (Wildman–Crippen LogP) is 1.84. The minimum absolute atomic E-state index is 0.0265. The van der Waals surface area contributed by atoms with E-state index in [2.05, 4.69) is 27.2 Å². The molecule has 0 radical (unpaired) electrons. The van der Waals surface area contributed by atoms with Gasteiger partial charge in [-0.05, 0) is 32.0 Å². The molecule has 1 aliphatic rings. The molecule has 7 nitrogen and oxygen atoms in total. The molecule has 1 amide bonds. The van der Waals surface area contributed by atoms with Crippen LogP contribution in [0.2, 0.25) is 0 Å². The van der Waals surface area contributed by atoms with E-state index in [0.29, 0.717) is 23.9 Å². The Hall–Kier alpha value is -2.67. The fraction of sp³-hybridized carbons (Fsp3) is 0.450. The summed E-state index contributed by atoms with van der Waals surface area (Å²) in [6.07, 6.45) is 0.800. The smallest absolute Gasteiger partial charge is 0.272 e. The van der Waals surface area contributed by atoms with E-state index < -0.39 is 0 Å². The lowest BCUT2D eigenvalue weighted by atomic mass is 10.1. The predicted molar refractivity (Wildman–Crippen MR) is 105 cm³/mol. The zero-order valence-corrected chi connectivity index (χ0v) is 16.2. The summed E-state index contributed by atoms with van der Waals surface area (Å²) in [4.78, 5) is 25.6. The lowest BCUT2D eigenvalue weighted by molar-refractivity contribution is 0.0658. The summed E-state index contributed by atoms with van der Waals surface area (Å²) in [5, 5.41) is 3.30. The van der Waals surface area contributed by atoms with E-state index in [1.807, 2.05) is 36.1 Å². The van der Waals surface area contributed by atoms with Crippen LogP contribution in [0.25, 0.3) is 0 Å². The third-order valence-corrected chi connectivity index (χ3v) is 4.74. The summed E-state index contributed by atoms with van der Waals surface area (Å²) >= 11 is 0. The third-order valence-electron chi connectivity index (χ3n) is 4.74. The maximum absolute atomic E-state index is 12.8. The molecular formula is C20H27N5O2. The molecule has 0 bridgehead atoms. The number of hydrogen-bond donors (Lipinski definition) is 1. The number of likely N-dealkylation sites (N-methyl/N-ethyl adjacent to an activating group) is 1. The van der Waals surface area contributed by atoms with Crippen LogP contribution in [0.1, 0.15) is 21.9 Å². The molecule has 0 unspecified atom stereocenters. The Morgan fingerprint density at radius 3 is 2.67 bits per heavy atom. The van der Waals surface area contributed by atoms with Crippen molar-refractivity contribution in [2.45, 2.75) is 13.3 Å². The minimum atomic E-state index is -0.0265. The molecule has 2 heterocycles. The van der Waals surface area contributed by atoms with Crippen LogP contribution in [0.4, 0.5) is 5.82 Å². The second-order valence-electron chi connectivity index (χ2n) is 6.77. The standard InChI is InChI=1S/C20H27N5O2/c1-15-22-17(20(26)25-12-10-24(2)11-13-25)14-19(23-15)21-9-8-16-6-4-5-7-18(16)27-3/h4-7,14H,8-13H2,1-3H3,(H,21,22,23). The van der Waals surface area contributed by atoms with Gasteiger partial charge < -0.3 is 19.9 Å². The fourth-order valence-corrected chi connectivity index (χ4v) is 3.17. The van der Waals surface area contributed by atoms with Crippen LogP contribution in [-0.4, -0.2) is 72.6 Å². The average Bonchev–Trinajstić information content (AvgIpc) is 2.68. The van der Waals surface area contributed by atoms with Crippen LogP contribution >= 0.6 is 0 Å². The highest BCUT2D eigenvalue weighted by Gasteiger charge is 2.22. The first-order valence-corrected chi connectivity index (χ1v) is 9.26. The number of methoxy groups -OCH3 is 1. The first-order valence-electron chi connectivity index (χ1n) is 9.26. The highest BCUT2D eigenvalue weighted by molar-refractivity contribution is 5.93. The first kappa shape index (κ1) is 19.1. The van der Waals surface area contributed by atoms with Gasteiger partial charge in [-0.3, -0.25) is 4.79 Å². The molecular weight excluding hydrogens is 342 g/mol. The average molecular weight is 369 g/mol. The number of piperazine rings is 1. The lowest BCUT2D eigenvalue weighted by Gasteiger charge is -2.32. The van der Waals surface area contributed by atoms with E-state index in [-0.39, 0.29) is 5.91 Å². The maximum Gasteiger partial charge on any atom is 0.272 e. The van der Waals surface area contributed by atoms with Gasteiger partial charge >= 0.3 is 0 Å². The van der Waals surface area contributed by atoms with E-state index in [1.54, 1.807) is 13.2 Å². The molecule has 3 rings (SSSR count). The summed E-state index contributed by atoms with van der Waals surface area (Å²) < 4.78 is 5.39. The molecule has 7 heteroatoms. The number of aryl methyl sites for hydroxylation is 1.